The van der Waals surface area contributed by atoms with Gasteiger partial charge in [0.25, 0.3) is 0 Å². The van der Waals surface area contributed by atoms with E-state index in [2.05, 4.69) is 14.9 Å². The van der Waals surface area contributed by atoms with Crippen LogP contribution in [0.1, 0.15) is 28.2 Å². The van der Waals surface area contributed by atoms with Crippen molar-refractivity contribution in [3.8, 4) is 11.5 Å². The molecule has 3 aromatic rings. The normalized spacial score (nSPS) is 10.7. The van der Waals surface area contributed by atoms with E-state index >= 15 is 0 Å². The molecule has 0 aliphatic rings. The summed E-state index contributed by atoms with van der Waals surface area (Å²) in [5.74, 6) is 0.625. The summed E-state index contributed by atoms with van der Waals surface area (Å²) >= 11 is 0. The van der Waals surface area contributed by atoms with Crippen molar-refractivity contribution in [2.75, 3.05) is 13.7 Å². The highest BCUT2D eigenvalue weighted by Crippen LogP contribution is 2.19. The van der Waals surface area contributed by atoms with Gasteiger partial charge in [-0.2, -0.15) is 0 Å². The summed E-state index contributed by atoms with van der Waals surface area (Å²) in [6.45, 7) is 1.23. The molecular weight excluding hydrogens is 332 g/mol. The molecule has 0 atom stereocenters. The van der Waals surface area contributed by atoms with Crippen molar-refractivity contribution >= 4 is 5.97 Å². The van der Waals surface area contributed by atoms with Gasteiger partial charge in [-0.25, -0.2) is 4.79 Å². The van der Waals surface area contributed by atoms with Gasteiger partial charge in [-0.05, 0) is 36.2 Å². The zero-order valence-electron chi connectivity index (χ0n) is 14.6. The smallest absolute Gasteiger partial charge is 0.337 e. The number of ether oxygens (including phenoxy) is 2. The van der Waals surface area contributed by atoms with Crippen LogP contribution < -0.4 is 0 Å². The molecule has 0 bridgehead atoms. The van der Waals surface area contributed by atoms with E-state index in [9.17, 15) is 4.79 Å². The van der Waals surface area contributed by atoms with Crippen LogP contribution >= 0.6 is 0 Å². The molecule has 0 radical (unpaired) electrons. The maximum absolute atomic E-state index is 11.4. The van der Waals surface area contributed by atoms with Gasteiger partial charge in [0.2, 0.25) is 11.8 Å². The first-order valence-electron chi connectivity index (χ1n) is 8.39. The fourth-order valence-electron chi connectivity index (χ4n) is 2.43. The summed E-state index contributed by atoms with van der Waals surface area (Å²) in [6.07, 6.45) is 1.46. The molecule has 134 valence electrons. The largest absolute Gasteiger partial charge is 0.465 e. The van der Waals surface area contributed by atoms with Gasteiger partial charge in [-0.1, -0.05) is 30.3 Å². The second-order valence-corrected chi connectivity index (χ2v) is 5.71. The molecule has 0 fully saturated rings. The number of benzene rings is 2. The fourth-order valence-corrected chi connectivity index (χ4v) is 2.43. The van der Waals surface area contributed by atoms with Crippen LogP contribution in [0.3, 0.4) is 0 Å². The van der Waals surface area contributed by atoms with E-state index in [1.165, 1.54) is 7.11 Å². The summed E-state index contributed by atoms with van der Waals surface area (Å²) in [5, 5.41) is 8.11. The Balaban J connectivity index is 1.46. The zero-order chi connectivity index (χ0) is 18.2. The van der Waals surface area contributed by atoms with Crippen molar-refractivity contribution in [3.05, 3.63) is 71.6 Å². The summed E-state index contributed by atoms with van der Waals surface area (Å²) in [7, 11) is 1.35. The highest BCUT2D eigenvalue weighted by Gasteiger charge is 2.10. The van der Waals surface area contributed by atoms with E-state index in [1.54, 1.807) is 24.3 Å². The minimum Gasteiger partial charge on any atom is -0.465 e. The Kier molecular flexibility index (Phi) is 6.11. The van der Waals surface area contributed by atoms with Crippen LogP contribution in [0.25, 0.3) is 11.5 Å². The number of rotatable bonds is 8. The maximum Gasteiger partial charge on any atom is 0.337 e. The molecule has 1 heterocycles. The lowest BCUT2D eigenvalue weighted by Gasteiger charge is -2.03. The summed E-state index contributed by atoms with van der Waals surface area (Å²) in [6, 6.07) is 16.9. The molecule has 0 saturated carbocycles. The third kappa shape index (κ3) is 4.77. The van der Waals surface area contributed by atoms with Crippen LogP contribution in [0.5, 0.6) is 0 Å². The Morgan fingerprint density at radius 2 is 1.81 bits per heavy atom. The Morgan fingerprint density at radius 3 is 2.54 bits per heavy atom. The number of hydrogen-bond acceptors (Lipinski definition) is 6. The first-order valence-corrected chi connectivity index (χ1v) is 8.39. The number of esters is 1. The first-order chi connectivity index (χ1) is 12.8. The minimum absolute atomic E-state index is 0.377. The van der Waals surface area contributed by atoms with Gasteiger partial charge < -0.3 is 13.9 Å². The number of carbonyl (C=O) groups is 1. The van der Waals surface area contributed by atoms with Gasteiger partial charge in [0.15, 0.2) is 0 Å². The van der Waals surface area contributed by atoms with Gasteiger partial charge in [0.1, 0.15) is 0 Å². The van der Waals surface area contributed by atoms with E-state index in [-0.39, 0.29) is 5.97 Å². The molecule has 0 aliphatic carbocycles. The van der Waals surface area contributed by atoms with Crippen molar-refractivity contribution in [3.63, 3.8) is 0 Å². The van der Waals surface area contributed by atoms with E-state index in [0.29, 0.717) is 37.0 Å². The predicted octanol–water partition coefficient (Wildman–Crippen LogP) is 3.67. The number of carbonyl (C=O) groups excluding carboxylic acids is 1. The highest BCUT2D eigenvalue weighted by atomic mass is 16.5. The topological polar surface area (TPSA) is 74.5 Å². The molecule has 26 heavy (non-hydrogen) atoms. The molecule has 1 aromatic heterocycles. The molecule has 3 rings (SSSR count). The number of aryl methyl sites for hydroxylation is 1. The standard InChI is InChI=1S/C20H20N2O4/c1-24-20(23)17-11-9-16(10-12-17)19-22-21-18(26-19)8-5-13-25-14-15-6-3-2-4-7-15/h2-4,6-7,9-12H,5,8,13-14H2,1H3. The predicted molar refractivity (Wildman–Crippen MR) is 95.5 cm³/mol. The highest BCUT2D eigenvalue weighted by molar-refractivity contribution is 5.89. The fraction of sp³-hybridized carbons (Fsp3) is 0.250. The number of methoxy groups -OCH3 is 1. The Labute approximate surface area is 151 Å². The van der Waals surface area contributed by atoms with Gasteiger partial charge in [0, 0.05) is 18.6 Å². The van der Waals surface area contributed by atoms with E-state index in [1.807, 2.05) is 30.3 Å². The zero-order valence-corrected chi connectivity index (χ0v) is 14.6. The number of hydrogen-bond donors (Lipinski definition) is 0. The summed E-state index contributed by atoms with van der Waals surface area (Å²) < 4.78 is 16.0. The van der Waals surface area contributed by atoms with E-state index in [4.69, 9.17) is 9.15 Å². The lowest BCUT2D eigenvalue weighted by molar-refractivity contribution is 0.0600. The number of nitrogens with zero attached hydrogens (tertiary/aromatic N) is 2. The molecule has 0 aliphatic heterocycles. The molecule has 0 amide bonds. The lowest BCUT2D eigenvalue weighted by atomic mass is 10.1. The van der Waals surface area contributed by atoms with Gasteiger partial charge in [-0.15, -0.1) is 10.2 Å². The van der Waals surface area contributed by atoms with E-state index < -0.39 is 0 Å². The van der Waals surface area contributed by atoms with Crippen molar-refractivity contribution in [1.29, 1.82) is 0 Å². The minimum atomic E-state index is -0.377. The van der Waals surface area contributed by atoms with Crippen LogP contribution in [-0.4, -0.2) is 29.9 Å². The van der Waals surface area contributed by atoms with Crippen LogP contribution in [0.4, 0.5) is 0 Å². The van der Waals surface area contributed by atoms with Crippen LogP contribution in [0, 0.1) is 0 Å². The Morgan fingerprint density at radius 1 is 1.04 bits per heavy atom. The molecule has 0 spiro atoms. The average molecular weight is 352 g/mol. The monoisotopic (exact) mass is 352 g/mol. The first kappa shape index (κ1) is 17.8. The molecule has 2 aromatic carbocycles. The maximum atomic E-state index is 11.4. The van der Waals surface area contributed by atoms with Crippen molar-refractivity contribution < 1.29 is 18.7 Å². The molecule has 6 heteroatoms. The van der Waals surface area contributed by atoms with E-state index in [0.717, 1.165) is 17.5 Å². The Bertz CT molecular complexity index is 829. The second-order valence-electron chi connectivity index (χ2n) is 5.71. The quantitative estimate of drug-likeness (QED) is 0.455. The van der Waals surface area contributed by atoms with Crippen LogP contribution in [0.15, 0.2) is 59.0 Å². The molecule has 6 nitrogen and oxygen atoms in total. The van der Waals surface area contributed by atoms with Gasteiger partial charge in [-0.3, -0.25) is 0 Å². The van der Waals surface area contributed by atoms with Gasteiger partial charge in [0.05, 0.1) is 19.3 Å². The Hall–Kier alpha value is -2.99. The third-order valence-electron chi connectivity index (χ3n) is 3.81. The van der Waals surface area contributed by atoms with Crippen molar-refractivity contribution in [1.82, 2.24) is 10.2 Å². The molecule has 0 saturated heterocycles. The number of aromatic nitrogens is 2. The summed E-state index contributed by atoms with van der Waals surface area (Å²) in [4.78, 5) is 11.4. The molecule has 0 unspecified atom stereocenters. The molecule has 0 N–H and O–H groups in total. The van der Waals surface area contributed by atoms with Gasteiger partial charge >= 0.3 is 5.97 Å². The van der Waals surface area contributed by atoms with Crippen molar-refractivity contribution in [2.24, 2.45) is 0 Å². The van der Waals surface area contributed by atoms with Crippen LogP contribution in [-0.2, 0) is 22.5 Å². The average Bonchev–Trinajstić information content (AvgIpc) is 3.17. The third-order valence-corrected chi connectivity index (χ3v) is 3.81. The van der Waals surface area contributed by atoms with Crippen molar-refractivity contribution in [2.45, 2.75) is 19.4 Å². The second kappa shape index (κ2) is 8.92. The molecular formula is C20H20N2O4. The SMILES string of the molecule is COC(=O)c1ccc(-c2nnc(CCCOCc3ccccc3)o2)cc1. The van der Waals surface area contributed by atoms with Crippen LogP contribution in [0.2, 0.25) is 0 Å². The lowest BCUT2D eigenvalue weighted by Crippen LogP contribution is -2.00. The summed E-state index contributed by atoms with van der Waals surface area (Å²) in [5.41, 5.74) is 2.39.